The molecule has 0 saturated heterocycles. The number of alkyl carbamates (subject to hydrolysis) is 1. The van der Waals surface area contributed by atoms with Crippen LogP contribution >= 0.6 is 0 Å². The maximum Gasteiger partial charge on any atom is 0.408 e. The van der Waals surface area contributed by atoms with Crippen molar-refractivity contribution in [1.29, 1.82) is 0 Å². The number of para-hydroxylation sites is 1. The van der Waals surface area contributed by atoms with Gasteiger partial charge < -0.3 is 31.1 Å². The smallest absolute Gasteiger partial charge is 0.408 e. The number of primary amides is 1. The molecule has 0 aromatic heterocycles. The largest absolute Gasteiger partial charge is 0.508 e. The van der Waals surface area contributed by atoms with Crippen LogP contribution in [0.5, 0.6) is 5.75 Å². The van der Waals surface area contributed by atoms with Gasteiger partial charge in [-0.3, -0.25) is 14.4 Å². The molecule has 2 atom stereocenters. The highest BCUT2D eigenvalue weighted by atomic mass is 16.6. The first-order valence-electron chi connectivity index (χ1n) is 13.0. The van der Waals surface area contributed by atoms with Crippen molar-refractivity contribution in [3.05, 3.63) is 59.2 Å². The molecule has 4 amide bonds. The van der Waals surface area contributed by atoms with Gasteiger partial charge in [0.25, 0.3) is 5.91 Å². The lowest BCUT2D eigenvalue weighted by Crippen LogP contribution is -2.57. The van der Waals surface area contributed by atoms with Crippen LogP contribution in [0.2, 0.25) is 0 Å². The molecule has 10 heteroatoms. The van der Waals surface area contributed by atoms with Gasteiger partial charge in [0.15, 0.2) is 0 Å². The van der Waals surface area contributed by atoms with Crippen molar-refractivity contribution >= 4 is 29.5 Å². The lowest BCUT2D eigenvalue weighted by atomic mass is 9.87. The average molecular weight is 539 g/mol. The number of nitrogens with zero attached hydrogens (tertiary/aromatic N) is 1. The van der Waals surface area contributed by atoms with E-state index < -0.39 is 47.9 Å². The van der Waals surface area contributed by atoms with Gasteiger partial charge in [0.1, 0.15) is 23.4 Å². The highest BCUT2D eigenvalue weighted by Crippen LogP contribution is 2.36. The lowest BCUT2D eigenvalue weighted by molar-refractivity contribution is -0.146. The van der Waals surface area contributed by atoms with Crippen LogP contribution in [0.1, 0.15) is 69.2 Å². The van der Waals surface area contributed by atoms with Crippen LogP contribution in [0.3, 0.4) is 0 Å². The van der Waals surface area contributed by atoms with Gasteiger partial charge in [0.2, 0.25) is 11.8 Å². The number of aryl methyl sites for hydroxylation is 2. The number of ether oxygens (including phenoxy) is 1. The number of amides is 4. The summed E-state index contributed by atoms with van der Waals surface area (Å²) in [5.41, 5.74) is 7.30. The molecule has 1 saturated carbocycles. The number of carbonyl (C=O) groups is 4. The molecule has 5 N–H and O–H groups in total. The first-order chi connectivity index (χ1) is 18.3. The molecule has 210 valence electrons. The molecule has 2 unspecified atom stereocenters. The third kappa shape index (κ3) is 7.72. The standard InChI is InChI=1S/C29H38N4O6/c1-17-9-6-10-18(2)24(17)32-26(36)25(19-11-7-14-21(34)15-19)33(20-12-8-13-20)27(37)22(16-23(30)35)31-28(38)39-29(3,4)5/h6-7,9-11,14-15,20,22,25,34H,8,12-13,16H2,1-5H3,(H2,30,35)(H,31,38)(H,32,36). The molecule has 39 heavy (non-hydrogen) atoms. The zero-order valence-corrected chi connectivity index (χ0v) is 23.1. The van der Waals surface area contributed by atoms with Crippen LogP contribution in [0.4, 0.5) is 10.5 Å². The van der Waals surface area contributed by atoms with Gasteiger partial charge >= 0.3 is 6.09 Å². The normalized spacial score (nSPS) is 14.9. The summed E-state index contributed by atoms with van der Waals surface area (Å²) in [6.45, 7) is 8.76. The highest BCUT2D eigenvalue weighted by molar-refractivity contribution is 6.00. The minimum atomic E-state index is -1.36. The summed E-state index contributed by atoms with van der Waals surface area (Å²) in [5, 5.41) is 15.7. The van der Waals surface area contributed by atoms with E-state index in [4.69, 9.17) is 10.5 Å². The van der Waals surface area contributed by atoms with E-state index in [0.717, 1.165) is 17.5 Å². The van der Waals surface area contributed by atoms with Crippen LogP contribution in [0.15, 0.2) is 42.5 Å². The van der Waals surface area contributed by atoms with Crippen molar-refractivity contribution in [2.75, 3.05) is 5.32 Å². The molecular weight excluding hydrogens is 500 g/mol. The van der Waals surface area contributed by atoms with E-state index in [9.17, 15) is 24.3 Å². The van der Waals surface area contributed by atoms with E-state index in [1.807, 2.05) is 32.0 Å². The summed E-state index contributed by atoms with van der Waals surface area (Å²) in [6.07, 6.45) is 0.747. The Morgan fingerprint density at radius 3 is 2.21 bits per heavy atom. The van der Waals surface area contributed by atoms with Gasteiger partial charge in [0.05, 0.1) is 6.42 Å². The van der Waals surface area contributed by atoms with Crippen LogP contribution in [0.25, 0.3) is 0 Å². The SMILES string of the molecule is Cc1cccc(C)c1NC(=O)C(c1cccc(O)c1)N(C(=O)C(CC(N)=O)NC(=O)OC(C)(C)C)C1CCC1. The van der Waals surface area contributed by atoms with Crippen LogP contribution in [-0.2, 0) is 19.1 Å². The van der Waals surface area contributed by atoms with Crippen molar-refractivity contribution in [3.8, 4) is 5.75 Å². The second kappa shape index (κ2) is 12.2. The van der Waals surface area contributed by atoms with E-state index in [1.54, 1.807) is 32.9 Å². The van der Waals surface area contributed by atoms with Gasteiger partial charge in [-0.2, -0.15) is 0 Å². The number of nitrogens with two attached hydrogens (primary N) is 1. The minimum Gasteiger partial charge on any atom is -0.508 e. The zero-order valence-electron chi connectivity index (χ0n) is 23.1. The summed E-state index contributed by atoms with van der Waals surface area (Å²) >= 11 is 0. The molecule has 0 heterocycles. The number of hydrogen-bond donors (Lipinski definition) is 4. The molecule has 0 bridgehead atoms. The van der Waals surface area contributed by atoms with Gasteiger partial charge in [-0.1, -0.05) is 30.3 Å². The van der Waals surface area contributed by atoms with Crippen molar-refractivity contribution in [1.82, 2.24) is 10.2 Å². The number of aromatic hydroxyl groups is 1. The molecule has 1 fully saturated rings. The molecule has 2 aromatic rings. The summed E-state index contributed by atoms with van der Waals surface area (Å²) in [6, 6.07) is 8.92. The van der Waals surface area contributed by atoms with E-state index in [2.05, 4.69) is 10.6 Å². The summed E-state index contributed by atoms with van der Waals surface area (Å²) in [5.74, 6) is -2.01. The Kier molecular flexibility index (Phi) is 9.21. The fourth-order valence-electron chi connectivity index (χ4n) is 4.55. The van der Waals surface area contributed by atoms with Crippen LogP contribution in [-0.4, -0.2) is 51.5 Å². The first kappa shape index (κ1) is 29.5. The number of carbonyl (C=O) groups excluding carboxylic acids is 4. The van der Waals surface area contributed by atoms with Gasteiger partial charge in [-0.05, 0) is 82.7 Å². The van der Waals surface area contributed by atoms with Gasteiger partial charge in [-0.25, -0.2) is 4.79 Å². The number of benzene rings is 2. The third-order valence-electron chi connectivity index (χ3n) is 6.56. The van der Waals surface area contributed by atoms with E-state index in [-0.39, 0.29) is 11.8 Å². The summed E-state index contributed by atoms with van der Waals surface area (Å²) < 4.78 is 5.31. The van der Waals surface area contributed by atoms with Gasteiger partial charge in [-0.15, -0.1) is 0 Å². The predicted molar refractivity (Wildman–Crippen MR) is 147 cm³/mol. The van der Waals surface area contributed by atoms with Crippen molar-refractivity contribution in [3.63, 3.8) is 0 Å². The maximum absolute atomic E-state index is 14.1. The highest BCUT2D eigenvalue weighted by Gasteiger charge is 2.42. The Bertz CT molecular complexity index is 1210. The Hall–Kier alpha value is -4.08. The fraction of sp³-hybridized carbons (Fsp3) is 0.448. The van der Waals surface area contributed by atoms with E-state index >= 15 is 0 Å². The molecule has 0 spiro atoms. The second-order valence-corrected chi connectivity index (χ2v) is 11.0. The Morgan fingerprint density at radius 2 is 1.69 bits per heavy atom. The van der Waals surface area contributed by atoms with Crippen molar-refractivity contribution in [2.24, 2.45) is 5.73 Å². The monoisotopic (exact) mass is 538 g/mol. The topological polar surface area (TPSA) is 151 Å². The molecule has 10 nitrogen and oxygen atoms in total. The average Bonchev–Trinajstić information content (AvgIpc) is 2.77. The fourth-order valence-corrected chi connectivity index (χ4v) is 4.55. The molecule has 2 aromatic carbocycles. The lowest BCUT2D eigenvalue weighted by Gasteiger charge is -2.43. The molecule has 0 radical (unpaired) electrons. The van der Waals surface area contributed by atoms with Crippen LogP contribution < -0.4 is 16.4 Å². The van der Waals surface area contributed by atoms with E-state index in [1.165, 1.54) is 17.0 Å². The number of phenolic OH excluding ortho intramolecular Hbond substituents is 1. The molecule has 1 aliphatic rings. The predicted octanol–water partition coefficient (Wildman–Crippen LogP) is 3.84. The maximum atomic E-state index is 14.1. The van der Waals surface area contributed by atoms with Gasteiger partial charge in [0, 0.05) is 11.7 Å². The molecule has 0 aliphatic heterocycles. The number of phenols is 1. The van der Waals surface area contributed by atoms with E-state index in [0.29, 0.717) is 24.1 Å². The first-order valence-corrected chi connectivity index (χ1v) is 13.0. The Balaban J connectivity index is 2.06. The van der Waals surface area contributed by atoms with Crippen molar-refractivity contribution < 1.29 is 29.0 Å². The third-order valence-corrected chi connectivity index (χ3v) is 6.56. The summed E-state index contributed by atoms with van der Waals surface area (Å²) in [4.78, 5) is 54.0. The molecular formula is C29H38N4O6. The second-order valence-electron chi connectivity index (χ2n) is 11.0. The minimum absolute atomic E-state index is 0.0704. The number of anilines is 1. The number of rotatable bonds is 9. The summed E-state index contributed by atoms with van der Waals surface area (Å²) in [7, 11) is 0. The molecule has 3 rings (SSSR count). The number of nitrogens with one attached hydrogen (secondary N) is 2. The quantitative estimate of drug-likeness (QED) is 0.381. The Labute approximate surface area is 228 Å². The zero-order chi connectivity index (χ0) is 28.9. The molecule has 1 aliphatic carbocycles. The number of hydrogen-bond acceptors (Lipinski definition) is 6. The van der Waals surface area contributed by atoms with Crippen molar-refractivity contribution in [2.45, 2.75) is 84.0 Å². The Morgan fingerprint density at radius 1 is 1.08 bits per heavy atom. The van der Waals surface area contributed by atoms with Crippen LogP contribution in [0, 0.1) is 13.8 Å².